The molecule has 0 aromatic carbocycles. The molecular formula is C38H71N2O7P. The third kappa shape index (κ3) is 30.5. The molecule has 0 aliphatic rings. The lowest BCUT2D eigenvalue weighted by atomic mass is 10.0. The Hall–Kier alpha value is -1.58. The number of carbonyl (C=O) groups excluding carboxylic acids is 1. The molecule has 0 spiro atoms. The molecule has 10 heteroatoms. The first-order valence-electron chi connectivity index (χ1n) is 18.5. The summed E-state index contributed by atoms with van der Waals surface area (Å²) >= 11 is 0. The van der Waals surface area contributed by atoms with Crippen molar-refractivity contribution in [3.63, 3.8) is 0 Å². The molecule has 280 valence electrons. The van der Waals surface area contributed by atoms with E-state index in [2.05, 4.69) is 60.8 Å². The molecule has 0 aromatic rings. The first-order chi connectivity index (χ1) is 22.9. The van der Waals surface area contributed by atoms with Crippen LogP contribution < -0.4 is 10.2 Å². The monoisotopic (exact) mass is 698 g/mol. The minimum atomic E-state index is -4.67. The molecule has 0 heterocycles. The molecule has 0 fully saturated rings. The van der Waals surface area contributed by atoms with E-state index in [0.29, 0.717) is 30.3 Å². The summed E-state index contributed by atoms with van der Waals surface area (Å²) in [6, 6.07) is -1.10. The predicted molar refractivity (Wildman–Crippen MR) is 197 cm³/mol. The summed E-state index contributed by atoms with van der Waals surface area (Å²) in [5, 5.41) is 24.4. The van der Waals surface area contributed by atoms with Gasteiger partial charge in [0.25, 0.3) is 7.82 Å². The van der Waals surface area contributed by atoms with Crippen LogP contribution in [0.15, 0.2) is 48.6 Å². The van der Waals surface area contributed by atoms with E-state index in [9.17, 15) is 24.5 Å². The summed E-state index contributed by atoms with van der Waals surface area (Å²) < 4.78 is 23.0. The maximum Gasteiger partial charge on any atom is 0.268 e. The van der Waals surface area contributed by atoms with E-state index in [0.717, 1.165) is 70.6 Å². The molecule has 0 aliphatic heterocycles. The van der Waals surface area contributed by atoms with Gasteiger partial charge < -0.3 is 34.0 Å². The Morgan fingerprint density at radius 1 is 0.771 bits per heavy atom. The van der Waals surface area contributed by atoms with Gasteiger partial charge in [-0.2, -0.15) is 0 Å². The van der Waals surface area contributed by atoms with Gasteiger partial charge in [0, 0.05) is 6.42 Å². The third-order valence-electron chi connectivity index (χ3n) is 7.93. The van der Waals surface area contributed by atoms with E-state index in [4.69, 9.17) is 9.05 Å². The van der Waals surface area contributed by atoms with Crippen LogP contribution in [0.4, 0.5) is 0 Å². The number of unbranched alkanes of at least 4 members (excludes halogenated alkanes) is 11. The van der Waals surface area contributed by atoms with Crippen LogP contribution in [0.5, 0.6) is 0 Å². The number of nitrogens with zero attached hydrogens (tertiary/aromatic N) is 1. The second-order valence-electron chi connectivity index (χ2n) is 13.7. The number of allylic oxidation sites excluding steroid dienone is 8. The van der Waals surface area contributed by atoms with Crippen LogP contribution in [0, 0.1) is 0 Å². The zero-order chi connectivity index (χ0) is 35.9. The number of amides is 1. The Bertz CT molecular complexity index is 946. The SMILES string of the molecule is C/C=C/CC/C=C/CC/C=C/CCCC(O)C(O)C(COP(=O)([O-])OCC[N+](C)(C)C)NC(=O)CCCCCCC/C=C\CCCCC. The van der Waals surface area contributed by atoms with E-state index in [1.807, 2.05) is 28.1 Å². The highest BCUT2D eigenvalue weighted by Crippen LogP contribution is 2.38. The average Bonchev–Trinajstić information content (AvgIpc) is 3.02. The average molecular weight is 699 g/mol. The van der Waals surface area contributed by atoms with Crippen molar-refractivity contribution in [3.05, 3.63) is 48.6 Å². The van der Waals surface area contributed by atoms with Gasteiger partial charge in [-0.05, 0) is 84.0 Å². The molecule has 0 radical (unpaired) electrons. The van der Waals surface area contributed by atoms with E-state index in [-0.39, 0.29) is 18.9 Å². The fourth-order valence-corrected chi connectivity index (χ4v) is 5.60. The van der Waals surface area contributed by atoms with Gasteiger partial charge in [-0.3, -0.25) is 9.36 Å². The number of hydrogen-bond donors (Lipinski definition) is 3. The first-order valence-corrected chi connectivity index (χ1v) is 20.0. The Morgan fingerprint density at radius 3 is 1.88 bits per heavy atom. The molecule has 1 amide bonds. The number of phosphoric acid groups is 1. The highest BCUT2D eigenvalue weighted by Gasteiger charge is 2.29. The number of phosphoric ester groups is 1. The number of aliphatic hydroxyl groups excluding tert-OH is 2. The van der Waals surface area contributed by atoms with E-state index < -0.39 is 32.7 Å². The summed E-state index contributed by atoms with van der Waals surface area (Å²) in [4.78, 5) is 25.2. The highest BCUT2D eigenvalue weighted by atomic mass is 31.2. The van der Waals surface area contributed by atoms with Gasteiger partial charge in [-0.25, -0.2) is 0 Å². The van der Waals surface area contributed by atoms with E-state index in [1.165, 1.54) is 19.3 Å². The van der Waals surface area contributed by atoms with Gasteiger partial charge in [0.2, 0.25) is 5.91 Å². The zero-order valence-electron chi connectivity index (χ0n) is 31.0. The van der Waals surface area contributed by atoms with Crippen molar-refractivity contribution in [1.29, 1.82) is 0 Å². The van der Waals surface area contributed by atoms with Crippen LogP contribution in [0.25, 0.3) is 0 Å². The minimum absolute atomic E-state index is 0.0535. The van der Waals surface area contributed by atoms with Crippen LogP contribution in [0.3, 0.4) is 0 Å². The Balaban J connectivity index is 4.75. The molecule has 48 heavy (non-hydrogen) atoms. The maximum absolute atomic E-state index is 12.8. The minimum Gasteiger partial charge on any atom is -0.756 e. The number of nitrogens with one attached hydrogen (secondary N) is 1. The van der Waals surface area contributed by atoms with Crippen molar-refractivity contribution < 1.29 is 38.0 Å². The van der Waals surface area contributed by atoms with E-state index >= 15 is 0 Å². The quantitative estimate of drug-likeness (QED) is 0.0285. The zero-order valence-corrected chi connectivity index (χ0v) is 31.9. The lowest BCUT2D eigenvalue weighted by Gasteiger charge is -2.31. The van der Waals surface area contributed by atoms with E-state index in [1.54, 1.807) is 0 Å². The van der Waals surface area contributed by atoms with Crippen LogP contribution in [0.1, 0.15) is 129 Å². The summed E-state index contributed by atoms with van der Waals surface area (Å²) in [7, 11) is 1.08. The molecule has 0 saturated heterocycles. The second kappa shape index (κ2) is 30.3. The number of likely N-dealkylation sites (N-methyl/N-ethyl adjacent to an activating group) is 1. The first kappa shape index (κ1) is 46.4. The van der Waals surface area contributed by atoms with Gasteiger partial charge in [-0.15, -0.1) is 0 Å². The van der Waals surface area contributed by atoms with Crippen molar-refractivity contribution in [2.45, 2.75) is 148 Å². The smallest absolute Gasteiger partial charge is 0.268 e. The number of quaternary nitrogens is 1. The standard InChI is InChI=1S/C38H71N2O7P/c1-6-8-10-12-14-16-18-20-22-24-26-28-30-36(41)38(43)35(34-47-48(44,45)46-33-32-40(3,4)5)39-37(42)31-29-27-25-23-21-19-17-15-13-11-9-7-2/h6,8,14-17,22,24,35-36,38,41,43H,7,9-13,18-21,23,25-34H2,1-5H3,(H-,39,42,44,45)/b8-6+,16-14+,17-15-,24-22+. The molecule has 4 atom stereocenters. The molecular weight excluding hydrogens is 627 g/mol. The number of hydrogen-bond acceptors (Lipinski definition) is 7. The molecule has 0 aromatic heterocycles. The molecule has 4 unspecified atom stereocenters. The fraction of sp³-hybridized carbons (Fsp3) is 0.763. The maximum atomic E-state index is 12.8. The molecule has 0 rings (SSSR count). The normalized spacial score (nSPS) is 15.9. The molecule has 9 nitrogen and oxygen atoms in total. The number of aliphatic hydroxyl groups is 2. The second-order valence-corrected chi connectivity index (χ2v) is 15.1. The molecule has 0 saturated carbocycles. The summed E-state index contributed by atoms with van der Waals surface area (Å²) in [5.41, 5.74) is 0. The lowest BCUT2D eigenvalue weighted by Crippen LogP contribution is -2.51. The van der Waals surface area contributed by atoms with Crippen LogP contribution in [0.2, 0.25) is 0 Å². The van der Waals surface area contributed by atoms with Crippen molar-refractivity contribution >= 4 is 13.7 Å². The lowest BCUT2D eigenvalue weighted by molar-refractivity contribution is -0.870. The van der Waals surface area contributed by atoms with Gasteiger partial charge in [0.1, 0.15) is 19.3 Å². The van der Waals surface area contributed by atoms with Gasteiger partial charge >= 0.3 is 0 Å². The largest absolute Gasteiger partial charge is 0.756 e. The summed E-state index contributed by atoms with van der Waals surface area (Å²) in [6.45, 7) is 4.11. The highest BCUT2D eigenvalue weighted by molar-refractivity contribution is 7.45. The Labute approximate surface area is 293 Å². The van der Waals surface area contributed by atoms with Crippen LogP contribution >= 0.6 is 7.82 Å². The third-order valence-corrected chi connectivity index (χ3v) is 8.90. The number of carbonyl (C=O) groups is 1. The molecule has 0 bridgehead atoms. The molecule has 0 aliphatic carbocycles. The van der Waals surface area contributed by atoms with Gasteiger partial charge in [0.15, 0.2) is 0 Å². The Morgan fingerprint density at radius 2 is 1.29 bits per heavy atom. The summed E-state index contributed by atoms with van der Waals surface area (Å²) in [5.74, 6) is -0.310. The van der Waals surface area contributed by atoms with Gasteiger partial charge in [0.05, 0.1) is 39.9 Å². The molecule has 3 N–H and O–H groups in total. The van der Waals surface area contributed by atoms with Crippen LogP contribution in [-0.2, 0) is 18.4 Å². The predicted octanol–water partition coefficient (Wildman–Crippen LogP) is 7.69. The Kier molecular flexibility index (Phi) is 29.3. The number of rotatable bonds is 32. The summed E-state index contributed by atoms with van der Waals surface area (Å²) in [6.07, 6.45) is 31.7. The topological polar surface area (TPSA) is 128 Å². The fourth-order valence-electron chi connectivity index (χ4n) is 4.87. The van der Waals surface area contributed by atoms with Crippen molar-refractivity contribution in [2.75, 3.05) is 40.9 Å². The van der Waals surface area contributed by atoms with Crippen LogP contribution in [-0.4, -0.2) is 79.8 Å². The van der Waals surface area contributed by atoms with Gasteiger partial charge in [-0.1, -0.05) is 87.6 Å². The van der Waals surface area contributed by atoms with Crippen molar-refractivity contribution in [2.24, 2.45) is 0 Å². The van der Waals surface area contributed by atoms with Crippen molar-refractivity contribution in [1.82, 2.24) is 5.32 Å². The van der Waals surface area contributed by atoms with Crippen molar-refractivity contribution in [3.8, 4) is 0 Å².